The lowest BCUT2D eigenvalue weighted by Gasteiger charge is -2.27. The lowest BCUT2D eigenvalue weighted by atomic mass is 9.94. The Labute approximate surface area is 93.9 Å². The second-order valence-electron chi connectivity index (χ2n) is 3.79. The summed E-state index contributed by atoms with van der Waals surface area (Å²) in [6, 6.07) is -0.886. The minimum Gasteiger partial charge on any atom is -0.480 e. The molecule has 1 heterocycles. The second kappa shape index (κ2) is 6.44. The van der Waals surface area contributed by atoms with Crippen LogP contribution in [0.15, 0.2) is 0 Å². The van der Waals surface area contributed by atoms with E-state index in [0.29, 0.717) is 13.2 Å². The Bertz CT molecular complexity index is 248. The lowest BCUT2D eigenvalue weighted by molar-refractivity contribution is -0.145. The molecule has 1 saturated heterocycles. The fourth-order valence-electron chi connectivity index (χ4n) is 1.76. The number of carboxylic acids is 1. The number of carbonyl (C=O) groups excluding carboxylic acids is 1. The highest BCUT2D eigenvalue weighted by atomic mass is 16.5. The van der Waals surface area contributed by atoms with Gasteiger partial charge in [-0.3, -0.25) is 4.79 Å². The smallest absolute Gasteiger partial charge is 0.326 e. The number of carbonyl (C=O) groups is 2. The van der Waals surface area contributed by atoms with Crippen molar-refractivity contribution in [2.75, 3.05) is 26.9 Å². The van der Waals surface area contributed by atoms with Gasteiger partial charge in [0.05, 0.1) is 6.61 Å². The molecule has 0 radical (unpaired) electrons. The Morgan fingerprint density at radius 1 is 1.62 bits per heavy atom. The van der Waals surface area contributed by atoms with Crippen molar-refractivity contribution in [3.8, 4) is 0 Å². The highest BCUT2D eigenvalue weighted by Gasteiger charge is 2.31. The average molecular weight is 231 g/mol. The van der Waals surface area contributed by atoms with E-state index in [4.69, 9.17) is 9.84 Å². The van der Waals surface area contributed by atoms with E-state index in [2.05, 4.69) is 10.1 Å². The van der Waals surface area contributed by atoms with Crippen LogP contribution in [0, 0.1) is 5.92 Å². The molecule has 0 spiro atoms. The Morgan fingerprint density at radius 3 is 2.88 bits per heavy atom. The summed E-state index contributed by atoms with van der Waals surface area (Å²) in [7, 11) is 1.39. The predicted molar refractivity (Wildman–Crippen MR) is 55.0 cm³/mol. The summed E-state index contributed by atoms with van der Waals surface area (Å²) in [6.07, 6.45) is 1.58. The van der Waals surface area contributed by atoms with E-state index in [-0.39, 0.29) is 12.5 Å². The Kier molecular flexibility index (Phi) is 5.21. The van der Waals surface area contributed by atoms with Gasteiger partial charge < -0.3 is 19.9 Å². The third-order valence-electron chi connectivity index (χ3n) is 2.52. The van der Waals surface area contributed by atoms with Crippen molar-refractivity contribution in [1.82, 2.24) is 5.32 Å². The van der Waals surface area contributed by atoms with E-state index < -0.39 is 17.9 Å². The van der Waals surface area contributed by atoms with Crippen LogP contribution in [0.25, 0.3) is 0 Å². The van der Waals surface area contributed by atoms with Crippen molar-refractivity contribution < 1.29 is 24.2 Å². The van der Waals surface area contributed by atoms with E-state index in [9.17, 15) is 9.59 Å². The standard InChI is InChI=1S/C10H17NO5/c1-15-6-8(12)11-9(10(13)14)7-3-2-4-16-5-7/h7,9H,2-6H2,1H3,(H,11,12)(H,13,14). The van der Waals surface area contributed by atoms with Gasteiger partial charge in [0.1, 0.15) is 12.6 Å². The summed E-state index contributed by atoms with van der Waals surface area (Å²) in [5.74, 6) is -1.60. The molecular formula is C10H17NO5. The van der Waals surface area contributed by atoms with E-state index in [1.165, 1.54) is 7.11 Å². The molecule has 1 aliphatic heterocycles. The summed E-state index contributed by atoms with van der Waals surface area (Å²) < 4.78 is 9.84. The van der Waals surface area contributed by atoms with Gasteiger partial charge >= 0.3 is 5.97 Å². The fourth-order valence-corrected chi connectivity index (χ4v) is 1.76. The van der Waals surface area contributed by atoms with Gasteiger partial charge in [-0.2, -0.15) is 0 Å². The van der Waals surface area contributed by atoms with Crippen LogP contribution >= 0.6 is 0 Å². The summed E-state index contributed by atoms with van der Waals surface area (Å²) in [6.45, 7) is 0.913. The molecule has 2 N–H and O–H groups in total. The van der Waals surface area contributed by atoms with E-state index in [0.717, 1.165) is 12.8 Å². The monoisotopic (exact) mass is 231 g/mol. The maximum Gasteiger partial charge on any atom is 0.326 e. The molecule has 1 aliphatic rings. The number of hydrogen-bond donors (Lipinski definition) is 2. The topological polar surface area (TPSA) is 84.9 Å². The molecule has 92 valence electrons. The van der Waals surface area contributed by atoms with Gasteiger partial charge in [0.25, 0.3) is 0 Å². The fraction of sp³-hybridized carbons (Fsp3) is 0.800. The first-order valence-corrected chi connectivity index (χ1v) is 5.24. The van der Waals surface area contributed by atoms with Gasteiger partial charge in [-0.1, -0.05) is 0 Å². The van der Waals surface area contributed by atoms with Crippen molar-refractivity contribution in [1.29, 1.82) is 0 Å². The zero-order chi connectivity index (χ0) is 12.0. The van der Waals surface area contributed by atoms with Gasteiger partial charge in [-0.15, -0.1) is 0 Å². The van der Waals surface area contributed by atoms with Crippen LogP contribution in [0.3, 0.4) is 0 Å². The molecule has 1 rings (SSSR count). The first-order valence-electron chi connectivity index (χ1n) is 5.24. The summed E-state index contributed by atoms with van der Waals surface area (Å²) in [5, 5.41) is 11.5. The third kappa shape index (κ3) is 3.79. The van der Waals surface area contributed by atoms with Crippen LogP contribution < -0.4 is 5.32 Å². The van der Waals surface area contributed by atoms with Crippen LogP contribution in [0.4, 0.5) is 0 Å². The molecule has 0 bridgehead atoms. The number of ether oxygens (including phenoxy) is 2. The Hall–Kier alpha value is -1.14. The van der Waals surface area contributed by atoms with Crippen molar-refractivity contribution in [2.45, 2.75) is 18.9 Å². The molecule has 2 unspecified atom stereocenters. The van der Waals surface area contributed by atoms with Crippen molar-refractivity contribution >= 4 is 11.9 Å². The summed E-state index contributed by atoms with van der Waals surface area (Å²) >= 11 is 0. The highest BCUT2D eigenvalue weighted by Crippen LogP contribution is 2.17. The van der Waals surface area contributed by atoms with Crippen LogP contribution in [0.5, 0.6) is 0 Å². The van der Waals surface area contributed by atoms with Crippen molar-refractivity contribution in [3.05, 3.63) is 0 Å². The van der Waals surface area contributed by atoms with Crippen LogP contribution in [-0.4, -0.2) is 50.0 Å². The molecule has 6 heteroatoms. The molecule has 1 fully saturated rings. The summed E-state index contributed by atoms with van der Waals surface area (Å²) in [4.78, 5) is 22.3. The Balaban J connectivity index is 2.52. The number of hydrogen-bond acceptors (Lipinski definition) is 4. The minimum atomic E-state index is -1.03. The van der Waals surface area contributed by atoms with Gasteiger partial charge in [-0.25, -0.2) is 4.79 Å². The van der Waals surface area contributed by atoms with Crippen LogP contribution in [0.2, 0.25) is 0 Å². The van der Waals surface area contributed by atoms with E-state index in [1.807, 2.05) is 0 Å². The van der Waals surface area contributed by atoms with Crippen molar-refractivity contribution in [2.24, 2.45) is 5.92 Å². The van der Waals surface area contributed by atoms with Crippen molar-refractivity contribution in [3.63, 3.8) is 0 Å². The average Bonchev–Trinajstić information content (AvgIpc) is 2.27. The number of methoxy groups -OCH3 is 1. The minimum absolute atomic E-state index is 0.128. The molecule has 0 aromatic carbocycles. The summed E-state index contributed by atoms with van der Waals surface area (Å²) in [5.41, 5.74) is 0. The molecule has 0 saturated carbocycles. The third-order valence-corrected chi connectivity index (χ3v) is 2.52. The van der Waals surface area contributed by atoms with Gasteiger partial charge in [0, 0.05) is 19.6 Å². The Morgan fingerprint density at radius 2 is 2.38 bits per heavy atom. The lowest BCUT2D eigenvalue weighted by Crippen LogP contribution is -2.49. The molecule has 16 heavy (non-hydrogen) atoms. The number of rotatable bonds is 5. The number of aliphatic carboxylic acids is 1. The zero-order valence-electron chi connectivity index (χ0n) is 9.27. The normalized spacial score (nSPS) is 22.4. The zero-order valence-corrected chi connectivity index (χ0v) is 9.27. The largest absolute Gasteiger partial charge is 0.480 e. The quantitative estimate of drug-likeness (QED) is 0.674. The van der Waals surface area contributed by atoms with Gasteiger partial charge in [-0.05, 0) is 12.8 Å². The van der Waals surface area contributed by atoms with E-state index >= 15 is 0 Å². The maximum absolute atomic E-state index is 11.3. The molecule has 0 aromatic heterocycles. The van der Waals surface area contributed by atoms with Crippen LogP contribution in [0.1, 0.15) is 12.8 Å². The highest BCUT2D eigenvalue weighted by molar-refractivity contribution is 5.84. The molecule has 1 amide bonds. The number of amides is 1. The number of nitrogens with one attached hydrogen (secondary N) is 1. The molecular weight excluding hydrogens is 214 g/mol. The van der Waals surface area contributed by atoms with Gasteiger partial charge in [0.2, 0.25) is 5.91 Å². The number of carboxylic acid groups (broad SMARTS) is 1. The molecule has 0 aromatic rings. The maximum atomic E-state index is 11.3. The predicted octanol–water partition coefficient (Wildman–Crippen LogP) is -0.371. The van der Waals surface area contributed by atoms with Gasteiger partial charge in [0.15, 0.2) is 0 Å². The molecule has 0 aliphatic carbocycles. The first-order chi connectivity index (χ1) is 7.65. The first kappa shape index (κ1) is 12.9. The SMILES string of the molecule is COCC(=O)NC(C(=O)O)C1CCCOC1. The second-order valence-corrected chi connectivity index (χ2v) is 3.79. The molecule has 2 atom stereocenters. The molecule has 6 nitrogen and oxygen atoms in total. The van der Waals surface area contributed by atoms with E-state index in [1.54, 1.807) is 0 Å². The van der Waals surface area contributed by atoms with Crippen LogP contribution in [-0.2, 0) is 19.1 Å².